The maximum absolute atomic E-state index is 12.3. The zero-order valence-corrected chi connectivity index (χ0v) is 14.0. The summed E-state index contributed by atoms with van der Waals surface area (Å²) in [4.78, 5) is 21.2. The molecule has 1 aliphatic rings. The van der Waals surface area contributed by atoms with E-state index in [2.05, 4.69) is 4.40 Å². The van der Waals surface area contributed by atoms with Crippen LogP contribution in [0.2, 0.25) is 0 Å². The summed E-state index contributed by atoms with van der Waals surface area (Å²) < 4.78 is 28.3. The second kappa shape index (κ2) is 6.38. The number of hydrogen-bond acceptors (Lipinski definition) is 5. The molecule has 0 N–H and O–H groups in total. The molecule has 10 heteroatoms. The van der Waals surface area contributed by atoms with Crippen molar-refractivity contribution < 1.29 is 18.1 Å². The number of nitrogens with zero attached hydrogens (tertiary/aromatic N) is 2. The standard InChI is InChI=1S/C13H10Cl2N2O5S/c1-7-5-10(18)11(14)12(15)13(7)16-23(21,22)9-4-2-3-8(6-9)17(19)20/h2-6,11-12H,1H3/b16-13-. The predicted octanol–water partition coefficient (Wildman–Crippen LogP) is 2.47. The minimum atomic E-state index is -4.23. The second-order valence-electron chi connectivity index (χ2n) is 4.74. The van der Waals surface area contributed by atoms with Gasteiger partial charge in [-0.25, -0.2) is 0 Å². The highest BCUT2D eigenvalue weighted by atomic mass is 35.5. The minimum Gasteiger partial charge on any atom is -0.293 e. The zero-order valence-electron chi connectivity index (χ0n) is 11.6. The smallest absolute Gasteiger partial charge is 0.282 e. The number of ketones is 1. The lowest BCUT2D eigenvalue weighted by Crippen LogP contribution is -2.36. The Morgan fingerprint density at radius 2 is 1.91 bits per heavy atom. The van der Waals surface area contributed by atoms with Gasteiger partial charge in [-0.2, -0.15) is 12.8 Å². The molecule has 0 saturated carbocycles. The van der Waals surface area contributed by atoms with Crippen LogP contribution in [0, 0.1) is 10.1 Å². The van der Waals surface area contributed by atoms with E-state index in [-0.39, 0.29) is 21.9 Å². The molecular formula is C13H10Cl2N2O5S. The van der Waals surface area contributed by atoms with Crippen LogP contribution in [0.25, 0.3) is 0 Å². The summed E-state index contributed by atoms with van der Waals surface area (Å²) in [7, 11) is -4.23. The molecule has 0 heterocycles. The first-order valence-corrected chi connectivity index (χ1v) is 8.55. The van der Waals surface area contributed by atoms with Gasteiger partial charge in [0.2, 0.25) is 0 Å². The lowest BCUT2D eigenvalue weighted by molar-refractivity contribution is -0.385. The van der Waals surface area contributed by atoms with Crippen molar-refractivity contribution in [2.45, 2.75) is 22.6 Å². The largest absolute Gasteiger partial charge is 0.293 e. The van der Waals surface area contributed by atoms with E-state index in [0.29, 0.717) is 0 Å². The van der Waals surface area contributed by atoms with Gasteiger partial charge in [-0.05, 0) is 24.6 Å². The number of carbonyl (C=O) groups excluding carboxylic acids is 1. The van der Waals surface area contributed by atoms with E-state index in [0.717, 1.165) is 12.1 Å². The van der Waals surface area contributed by atoms with Crippen molar-refractivity contribution in [2.24, 2.45) is 4.40 Å². The van der Waals surface area contributed by atoms with Crippen LogP contribution in [0.1, 0.15) is 6.92 Å². The number of non-ortho nitro benzene ring substituents is 1. The molecule has 0 aromatic heterocycles. The summed E-state index contributed by atoms with van der Waals surface area (Å²) in [5, 5.41) is 8.51. The van der Waals surface area contributed by atoms with Gasteiger partial charge in [0.25, 0.3) is 15.7 Å². The Balaban J connectivity index is 2.52. The highest BCUT2D eigenvalue weighted by Crippen LogP contribution is 2.26. The normalized spacial score (nSPS) is 23.7. The number of allylic oxidation sites excluding steroid dienone is 2. The maximum atomic E-state index is 12.3. The second-order valence-corrected chi connectivity index (χ2v) is 7.28. The highest BCUT2D eigenvalue weighted by molar-refractivity contribution is 7.90. The summed E-state index contributed by atoms with van der Waals surface area (Å²) in [5.41, 5.74) is -0.159. The van der Waals surface area contributed by atoms with Gasteiger partial charge in [-0.1, -0.05) is 6.07 Å². The first kappa shape index (κ1) is 17.6. The Morgan fingerprint density at radius 3 is 2.52 bits per heavy atom. The van der Waals surface area contributed by atoms with Crippen molar-refractivity contribution in [1.29, 1.82) is 0 Å². The molecule has 2 unspecified atom stereocenters. The number of nitro groups is 1. The van der Waals surface area contributed by atoms with Gasteiger partial charge in [-0.3, -0.25) is 14.9 Å². The molecule has 1 aromatic rings. The third kappa shape index (κ3) is 3.60. The van der Waals surface area contributed by atoms with Crippen molar-refractivity contribution >= 4 is 50.4 Å². The molecule has 0 saturated heterocycles. The summed E-state index contributed by atoms with van der Waals surface area (Å²) in [6.45, 7) is 1.48. The molecule has 0 spiro atoms. The van der Waals surface area contributed by atoms with E-state index in [1.165, 1.54) is 25.1 Å². The molecule has 1 aliphatic carbocycles. The van der Waals surface area contributed by atoms with Crippen LogP contribution >= 0.6 is 23.2 Å². The number of benzene rings is 1. The number of nitro benzene ring substituents is 1. The third-order valence-electron chi connectivity index (χ3n) is 3.10. The molecule has 0 fully saturated rings. The molecule has 2 rings (SSSR count). The van der Waals surface area contributed by atoms with E-state index in [4.69, 9.17) is 23.2 Å². The first-order valence-electron chi connectivity index (χ1n) is 6.23. The number of alkyl halides is 2. The molecular weight excluding hydrogens is 367 g/mol. The monoisotopic (exact) mass is 376 g/mol. The Labute approximate surface area is 141 Å². The van der Waals surface area contributed by atoms with Gasteiger partial charge >= 0.3 is 0 Å². The molecule has 0 bridgehead atoms. The van der Waals surface area contributed by atoms with Gasteiger partial charge in [0.05, 0.1) is 15.5 Å². The predicted molar refractivity (Wildman–Crippen MR) is 85.8 cm³/mol. The van der Waals surface area contributed by atoms with E-state index in [9.17, 15) is 23.3 Å². The Kier molecular flexibility index (Phi) is 4.88. The summed E-state index contributed by atoms with van der Waals surface area (Å²) in [5.74, 6) is -0.434. The molecule has 7 nitrogen and oxygen atoms in total. The maximum Gasteiger partial charge on any atom is 0.282 e. The van der Waals surface area contributed by atoms with Crippen molar-refractivity contribution in [1.82, 2.24) is 0 Å². The van der Waals surface area contributed by atoms with Crippen LogP contribution in [-0.4, -0.2) is 35.6 Å². The Bertz CT molecular complexity index is 848. The topological polar surface area (TPSA) is 107 Å². The lowest BCUT2D eigenvalue weighted by Gasteiger charge is -2.21. The van der Waals surface area contributed by atoms with Gasteiger partial charge in [-0.15, -0.1) is 23.2 Å². The number of halogens is 2. The lowest BCUT2D eigenvalue weighted by atomic mass is 9.97. The van der Waals surface area contributed by atoms with Crippen molar-refractivity contribution in [3.05, 3.63) is 46.0 Å². The van der Waals surface area contributed by atoms with E-state index < -0.39 is 31.5 Å². The molecule has 1 aromatic carbocycles. The van der Waals surface area contributed by atoms with Gasteiger partial charge in [0.1, 0.15) is 10.8 Å². The van der Waals surface area contributed by atoms with Crippen LogP contribution in [0.4, 0.5) is 5.69 Å². The molecule has 0 radical (unpaired) electrons. The quantitative estimate of drug-likeness (QED) is 0.457. The fraction of sp³-hybridized carbons (Fsp3) is 0.231. The number of carbonyl (C=O) groups is 1. The fourth-order valence-electron chi connectivity index (χ4n) is 1.93. The third-order valence-corrected chi connectivity index (χ3v) is 5.44. The minimum absolute atomic E-state index is 0.0576. The van der Waals surface area contributed by atoms with Gasteiger partial charge in [0, 0.05) is 12.1 Å². The summed E-state index contributed by atoms with van der Waals surface area (Å²) >= 11 is 11.8. The van der Waals surface area contributed by atoms with E-state index in [1.807, 2.05) is 0 Å². The fourth-order valence-corrected chi connectivity index (χ4v) is 3.66. The van der Waals surface area contributed by atoms with Crippen LogP contribution in [0.15, 0.2) is 45.2 Å². The first-order chi connectivity index (χ1) is 10.6. The number of hydrogen-bond donors (Lipinski definition) is 0. The van der Waals surface area contributed by atoms with Crippen molar-refractivity contribution in [2.75, 3.05) is 0 Å². The van der Waals surface area contributed by atoms with Crippen LogP contribution in [0.5, 0.6) is 0 Å². The summed E-state index contributed by atoms with van der Waals surface area (Å²) in [6.07, 6.45) is 1.17. The Morgan fingerprint density at radius 1 is 1.26 bits per heavy atom. The summed E-state index contributed by atoms with van der Waals surface area (Å²) in [6, 6.07) is 4.48. The molecule has 23 heavy (non-hydrogen) atoms. The molecule has 122 valence electrons. The Hall–Kier alpha value is -1.77. The average Bonchev–Trinajstić information content (AvgIpc) is 2.49. The van der Waals surface area contributed by atoms with Gasteiger partial charge in [0.15, 0.2) is 5.78 Å². The average molecular weight is 377 g/mol. The molecule has 0 aliphatic heterocycles. The van der Waals surface area contributed by atoms with Crippen LogP contribution in [0.3, 0.4) is 0 Å². The van der Waals surface area contributed by atoms with Crippen LogP contribution < -0.4 is 0 Å². The van der Waals surface area contributed by atoms with Crippen LogP contribution in [-0.2, 0) is 14.8 Å². The van der Waals surface area contributed by atoms with Crippen molar-refractivity contribution in [3.8, 4) is 0 Å². The SMILES string of the molecule is CC1=CC(=O)C(Cl)C(Cl)/C1=N\S(=O)(=O)c1cccc([N+](=O)[O-])c1. The molecule has 0 amide bonds. The van der Waals surface area contributed by atoms with E-state index >= 15 is 0 Å². The zero-order chi connectivity index (χ0) is 17.4. The number of sulfonamides is 1. The van der Waals surface area contributed by atoms with Crippen molar-refractivity contribution in [3.63, 3.8) is 0 Å². The van der Waals surface area contributed by atoms with Gasteiger partial charge < -0.3 is 0 Å². The highest BCUT2D eigenvalue weighted by Gasteiger charge is 2.34. The van der Waals surface area contributed by atoms with E-state index in [1.54, 1.807) is 0 Å². The number of rotatable bonds is 3. The molecule has 2 atom stereocenters.